The smallest absolute Gasteiger partial charge is 0.179 e. The lowest BCUT2D eigenvalue weighted by molar-refractivity contribution is 0.565. The van der Waals surface area contributed by atoms with E-state index in [-0.39, 0.29) is 0 Å². The van der Waals surface area contributed by atoms with E-state index < -0.39 is 0 Å². The molecule has 5 heteroatoms. The minimum atomic E-state index is 0.515. The van der Waals surface area contributed by atoms with E-state index in [9.17, 15) is 0 Å². The first-order valence-corrected chi connectivity index (χ1v) is 6.96. The van der Waals surface area contributed by atoms with Crippen LogP contribution in [0.2, 0.25) is 0 Å². The largest absolute Gasteiger partial charge is 0.329 e. The highest BCUT2D eigenvalue weighted by atomic mass is 32.2. The summed E-state index contributed by atoms with van der Waals surface area (Å²) in [6.07, 6.45) is 3.10. The lowest BCUT2D eigenvalue weighted by atomic mass is 10.2. The van der Waals surface area contributed by atoms with Gasteiger partial charge >= 0.3 is 0 Å². The monoisotopic (exact) mass is 251 g/mol. The summed E-state index contributed by atoms with van der Waals surface area (Å²) >= 11 is 7.38. The Labute approximate surface area is 103 Å². The summed E-state index contributed by atoms with van der Waals surface area (Å²) in [4.78, 5) is 7.75. The molecule has 0 aliphatic carbocycles. The van der Waals surface area contributed by atoms with Crippen LogP contribution in [0, 0.1) is 11.7 Å². The van der Waals surface area contributed by atoms with Crippen LogP contribution in [-0.4, -0.2) is 26.0 Å². The van der Waals surface area contributed by atoms with Crippen molar-refractivity contribution in [3.63, 3.8) is 0 Å². The molecule has 1 N–H and O–H groups in total. The Bertz CT molecular complexity index is 578. The third kappa shape index (κ3) is 1.58. The first kappa shape index (κ1) is 10.4. The molecule has 1 saturated heterocycles. The highest BCUT2D eigenvalue weighted by molar-refractivity contribution is 7.99. The number of hydrogen-bond acceptors (Lipinski definition) is 3. The summed E-state index contributed by atoms with van der Waals surface area (Å²) in [5.41, 5.74) is 3.22. The average Bonchev–Trinajstić information content (AvgIpc) is 2.83. The lowest BCUT2D eigenvalue weighted by Crippen LogP contribution is -2.08. The summed E-state index contributed by atoms with van der Waals surface area (Å²) in [7, 11) is 0. The van der Waals surface area contributed by atoms with Crippen molar-refractivity contribution in [3.8, 4) is 0 Å². The number of aryl methyl sites for hydroxylation is 1. The molecule has 3 heterocycles. The van der Waals surface area contributed by atoms with Crippen LogP contribution in [0.25, 0.3) is 11.2 Å². The van der Waals surface area contributed by atoms with Gasteiger partial charge in [0.25, 0.3) is 0 Å². The Morgan fingerprint density at radius 1 is 1.62 bits per heavy atom. The molecule has 0 amide bonds. The summed E-state index contributed by atoms with van der Waals surface area (Å²) in [6, 6.07) is 2.62. The van der Waals surface area contributed by atoms with Gasteiger partial charge in [-0.1, -0.05) is 0 Å². The fourth-order valence-electron chi connectivity index (χ4n) is 2.18. The highest BCUT2D eigenvalue weighted by Gasteiger charge is 2.20. The van der Waals surface area contributed by atoms with Gasteiger partial charge in [0.1, 0.15) is 0 Å². The molecular weight excluding hydrogens is 238 g/mol. The molecule has 16 heavy (non-hydrogen) atoms. The van der Waals surface area contributed by atoms with Crippen LogP contribution < -0.4 is 0 Å². The predicted octanol–water partition coefficient (Wildman–Crippen LogP) is 3.08. The Kier molecular flexibility index (Phi) is 2.52. The minimum Gasteiger partial charge on any atom is -0.329 e. The molecule has 1 aliphatic rings. The van der Waals surface area contributed by atoms with Gasteiger partial charge in [0, 0.05) is 18.0 Å². The number of nitrogens with zero attached hydrogens (tertiary/aromatic N) is 2. The molecule has 1 unspecified atom stereocenters. The molecule has 1 fully saturated rings. The summed E-state index contributed by atoms with van der Waals surface area (Å²) in [5, 5.41) is 0. The van der Waals surface area contributed by atoms with E-state index in [4.69, 9.17) is 12.2 Å². The molecule has 0 radical (unpaired) electrons. The van der Waals surface area contributed by atoms with Crippen LogP contribution in [0.1, 0.15) is 18.0 Å². The molecule has 1 atom stereocenters. The van der Waals surface area contributed by atoms with Crippen molar-refractivity contribution in [1.82, 2.24) is 14.5 Å². The van der Waals surface area contributed by atoms with Crippen LogP contribution in [0.15, 0.2) is 12.3 Å². The zero-order valence-electron chi connectivity index (χ0n) is 9.06. The zero-order chi connectivity index (χ0) is 11.1. The summed E-state index contributed by atoms with van der Waals surface area (Å²) in [5.74, 6) is 2.38. The molecule has 0 aromatic carbocycles. The van der Waals surface area contributed by atoms with E-state index in [2.05, 4.69) is 20.6 Å². The first-order chi connectivity index (χ1) is 7.75. The molecule has 2 aromatic heterocycles. The van der Waals surface area contributed by atoms with Gasteiger partial charge in [-0.2, -0.15) is 11.8 Å². The van der Waals surface area contributed by atoms with Crippen LogP contribution in [0.5, 0.6) is 0 Å². The van der Waals surface area contributed by atoms with Gasteiger partial charge in [-0.3, -0.25) is 4.57 Å². The van der Waals surface area contributed by atoms with Crippen LogP contribution in [0.3, 0.4) is 0 Å². The topological polar surface area (TPSA) is 33.6 Å². The zero-order valence-corrected chi connectivity index (χ0v) is 10.7. The first-order valence-electron chi connectivity index (χ1n) is 5.40. The fraction of sp³-hybridized carbons (Fsp3) is 0.455. The quantitative estimate of drug-likeness (QED) is 0.791. The molecule has 0 bridgehead atoms. The van der Waals surface area contributed by atoms with E-state index in [1.807, 2.05) is 24.9 Å². The maximum Gasteiger partial charge on any atom is 0.179 e. The standard InChI is InChI=1S/C11H13N3S2/c1-7-4-9-10(12-5-7)14(11(15)13-9)8-2-3-16-6-8/h4-5,8H,2-3,6H2,1H3,(H,13,15). The van der Waals surface area contributed by atoms with Gasteiger partial charge in [-0.05, 0) is 42.9 Å². The molecule has 1 aliphatic heterocycles. The molecule has 2 aromatic rings. The van der Waals surface area contributed by atoms with Crippen molar-refractivity contribution < 1.29 is 0 Å². The molecule has 0 saturated carbocycles. The highest BCUT2D eigenvalue weighted by Crippen LogP contribution is 2.30. The third-order valence-electron chi connectivity index (χ3n) is 2.96. The third-order valence-corrected chi connectivity index (χ3v) is 4.41. The van der Waals surface area contributed by atoms with Gasteiger partial charge < -0.3 is 4.98 Å². The van der Waals surface area contributed by atoms with E-state index in [1.54, 1.807) is 0 Å². The molecule has 3 nitrogen and oxygen atoms in total. The van der Waals surface area contributed by atoms with E-state index in [0.29, 0.717) is 6.04 Å². The van der Waals surface area contributed by atoms with Crippen molar-refractivity contribution in [2.24, 2.45) is 0 Å². The number of fused-ring (bicyclic) bond motifs is 1. The van der Waals surface area contributed by atoms with Crippen LogP contribution in [-0.2, 0) is 0 Å². The summed E-state index contributed by atoms with van der Waals surface area (Å²) in [6.45, 7) is 2.05. The number of rotatable bonds is 1. The van der Waals surface area contributed by atoms with Crippen molar-refractivity contribution in [2.75, 3.05) is 11.5 Å². The van der Waals surface area contributed by atoms with Gasteiger partial charge in [-0.15, -0.1) is 0 Å². The second kappa shape index (κ2) is 3.89. The minimum absolute atomic E-state index is 0.515. The number of pyridine rings is 1. The van der Waals surface area contributed by atoms with E-state index in [0.717, 1.165) is 27.3 Å². The fourth-order valence-corrected chi connectivity index (χ4v) is 3.72. The maximum atomic E-state index is 5.39. The van der Waals surface area contributed by atoms with Crippen molar-refractivity contribution >= 4 is 35.1 Å². The number of thioether (sulfide) groups is 1. The number of aromatic nitrogens is 3. The van der Waals surface area contributed by atoms with Crippen molar-refractivity contribution in [3.05, 3.63) is 22.6 Å². The average molecular weight is 251 g/mol. The molecular formula is C11H13N3S2. The van der Waals surface area contributed by atoms with Crippen molar-refractivity contribution in [1.29, 1.82) is 0 Å². The van der Waals surface area contributed by atoms with Crippen LogP contribution in [0.4, 0.5) is 0 Å². The Morgan fingerprint density at radius 2 is 2.50 bits per heavy atom. The Balaban J connectivity index is 2.23. The second-order valence-electron chi connectivity index (χ2n) is 4.20. The second-order valence-corrected chi connectivity index (χ2v) is 5.74. The molecule has 0 spiro atoms. The normalized spacial score (nSPS) is 20.7. The number of nitrogens with one attached hydrogen (secondary N) is 1. The lowest BCUT2D eigenvalue weighted by Gasteiger charge is -2.10. The van der Waals surface area contributed by atoms with Crippen LogP contribution >= 0.6 is 24.0 Å². The Morgan fingerprint density at radius 3 is 3.25 bits per heavy atom. The van der Waals surface area contributed by atoms with Crippen molar-refractivity contribution in [2.45, 2.75) is 19.4 Å². The van der Waals surface area contributed by atoms with Gasteiger partial charge in [-0.25, -0.2) is 4.98 Å². The van der Waals surface area contributed by atoms with E-state index in [1.165, 1.54) is 12.2 Å². The van der Waals surface area contributed by atoms with Gasteiger partial charge in [0.15, 0.2) is 10.4 Å². The summed E-state index contributed by atoms with van der Waals surface area (Å²) < 4.78 is 2.99. The van der Waals surface area contributed by atoms with E-state index >= 15 is 0 Å². The molecule has 3 rings (SSSR count). The maximum absolute atomic E-state index is 5.39. The Hall–Kier alpha value is -0.810. The SMILES string of the molecule is Cc1cnc2c(c1)[nH]c(=S)n2C1CCSC1. The number of hydrogen-bond donors (Lipinski definition) is 1. The molecule has 84 valence electrons. The number of H-pyrrole nitrogens is 1. The predicted molar refractivity (Wildman–Crippen MR) is 70.6 cm³/mol. The van der Waals surface area contributed by atoms with Gasteiger partial charge in [0.05, 0.1) is 5.52 Å². The number of aromatic amines is 1. The van der Waals surface area contributed by atoms with Gasteiger partial charge in [0.2, 0.25) is 0 Å². The number of imidazole rings is 1.